The van der Waals surface area contributed by atoms with Gasteiger partial charge in [0.1, 0.15) is 5.75 Å². The molecule has 1 amide bonds. The monoisotopic (exact) mass is 395 g/mol. The van der Waals surface area contributed by atoms with Crippen LogP contribution in [0, 0.1) is 0 Å². The van der Waals surface area contributed by atoms with Gasteiger partial charge < -0.3 is 19.1 Å². The minimum atomic E-state index is -0.418. The summed E-state index contributed by atoms with van der Waals surface area (Å²) >= 11 is 0. The largest absolute Gasteiger partial charge is 0.497 e. The van der Waals surface area contributed by atoms with Gasteiger partial charge in [-0.05, 0) is 46.3 Å². The molecule has 6 nitrogen and oxygen atoms in total. The summed E-state index contributed by atoms with van der Waals surface area (Å²) in [5.74, 6) is 1.18. The molecule has 29 heavy (non-hydrogen) atoms. The summed E-state index contributed by atoms with van der Waals surface area (Å²) < 4.78 is 16.5. The zero-order valence-corrected chi connectivity index (χ0v) is 17.4. The van der Waals surface area contributed by atoms with Crippen LogP contribution >= 0.6 is 0 Å². The third kappa shape index (κ3) is 4.11. The predicted molar refractivity (Wildman–Crippen MR) is 113 cm³/mol. The van der Waals surface area contributed by atoms with Crippen LogP contribution in [-0.4, -0.2) is 44.6 Å². The van der Waals surface area contributed by atoms with E-state index in [1.54, 1.807) is 39.2 Å². The van der Waals surface area contributed by atoms with Gasteiger partial charge in [-0.1, -0.05) is 18.2 Å². The zero-order chi connectivity index (χ0) is 21.1. The molecule has 3 rings (SSSR count). The molecular formula is C23H25NO5. The average Bonchev–Trinajstić information content (AvgIpc) is 2.70. The molecular weight excluding hydrogens is 370 g/mol. The molecule has 0 aliphatic heterocycles. The third-order valence-electron chi connectivity index (χ3n) is 5.05. The molecule has 0 saturated heterocycles. The van der Waals surface area contributed by atoms with Gasteiger partial charge >= 0.3 is 5.97 Å². The summed E-state index contributed by atoms with van der Waals surface area (Å²) in [6, 6.07) is 11.7. The average molecular weight is 395 g/mol. The summed E-state index contributed by atoms with van der Waals surface area (Å²) in [6.45, 7) is 3.51. The number of esters is 1. The highest BCUT2D eigenvalue weighted by Crippen LogP contribution is 2.42. The van der Waals surface area contributed by atoms with Gasteiger partial charge in [0.25, 0.3) is 0 Å². The first-order valence-electron chi connectivity index (χ1n) is 9.36. The maximum Gasteiger partial charge on any atom is 0.308 e. The fourth-order valence-corrected chi connectivity index (χ4v) is 3.43. The fraction of sp³-hybridized carbons (Fsp3) is 0.304. The van der Waals surface area contributed by atoms with Crippen molar-refractivity contribution in [2.45, 2.75) is 20.3 Å². The highest BCUT2D eigenvalue weighted by atomic mass is 16.6. The lowest BCUT2D eigenvalue weighted by Crippen LogP contribution is -2.26. The summed E-state index contributed by atoms with van der Waals surface area (Å²) in [5, 5.41) is 3.63. The first-order valence-corrected chi connectivity index (χ1v) is 9.36. The number of fused-ring (bicyclic) bond motifs is 3. The van der Waals surface area contributed by atoms with Crippen LogP contribution in [0.25, 0.3) is 21.5 Å². The molecule has 0 spiro atoms. The molecule has 0 unspecified atom stereocenters. The molecule has 0 aliphatic rings. The summed E-state index contributed by atoms with van der Waals surface area (Å²) in [6.07, 6.45) is 0.669. The number of hydrogen-bond acceptors (Lipinski definition) is 5. The molecule has 0 saturated carbocycles. The Bertz CT molecular complexity index is 1090. The van der Waals surface area contributed by atoms with E-state index < -0.39 is 5.97 Å². The topological polar surface area (TPSA) is 65.1 Å². The molecule has 6 heteroatoms. The molecule has 0 atom stereocenters. The molecule has 0 aliphatic carbocycles. The van der Waals surface area contributed by atoms with Crippen molar-refractivity contribution in [3.8, 4) is 17.2 Å². The second kappa shape index (κ2) is 8.39. The van der Waals surface area contributed by atoms with E-state index in [2.05, 4.69) is 0 Å². The van der Waals surface area contributed by atoms with Crippen molar-refractivity contribution in [3.63, 3.8) is 0 Å². The van der Waals surface area contributed by atoms with Crippen LogP contribution in [0.4, 0.5) is 0 Å². The first-order chi connectivity index (χ1) is 13.8. The lowest BCUT2D eigenvalue weighted by atomic mass is 9.95. The van der Waals surface area contributed by atoms with Gasteiger partial charge in [-0.25, -0.2) is 0 Å². The summed E-state index contributed by atoms with van der Waals surface area (Å²) in [7, 11) is 4.94. The van der Waals surface area contributed by atoms with Crippen molar-refractivity contribution >= 4 is 33.4 Å². The van der Waals surface area contributed by atoms with Crippen LogP contribution in [-0.2, 0) is 16.0 Å². The normalized spacial score (nSPS) is 10.8. The molecule has 152 valence electrons. The Kier molecular flexibility index (Phi) is 5.92. The van der Waals surface area contributed by atoms with E-state index in [4.69, 9.17) is 14.2 Å². The number of likely N-dealkylation sites (N-methyl/N-ethyl adjacent to an activating group) is 1. The van der Waals surface area contributed by atoms with E-state index in [0.29, 0.717) is 30.2 Å². The number of methoxy groups -OCH3 is 2. The van der Waals surface area contributed by atoms with Crippen molar-refractivity contribution in [1.82, 2.24) is 4.90 Å². The zero-order valence-electron chi connectivity index (χ0n) is 17.4. The van der Waals surface area contributed by atoms with Gasteiger partial charge in [0.2, 0.25) is 5.91 Å². The van der Waals surface area contributed by atoms with Crippen LogP contribution in [0.5, 0.6) is 17.2 Å². The highest BCUT2D eigenvalue weighted by Gasteiger charge is 2.17. The molecule has 0 fully saturated rings. The van der Waals surface area contributed by atoms with Gasteiger partial charge in [0.05, 0.1) is 14.2 Å². The van der Waals surface area contributed by atoms with Crippen molar-refractivity contribution in [1.29, 1.82) is 0 Å². The minimum Gasteiger partial charge on any atom is -0.497 e. The lowest BCUT2D eigenvalue weighted by Gasteiger charge is -2.18. The van der Waals surface area contributed by atoms with Crippen LogP contribution in [0.15, 0.2) is 36.4 Å². The van der Waals surface area contributed by atoms with Gasteiger partial charge in [0, 0.05) is 32.8 Å². The Morgan fingerprint density at radius 3 is 2.31 bits per heavy atom. The number of carbonyl (C=O) groups excluding carboxylic acids is 2. The van der Waals surface area contributed by atoms with Gasteiger partial charge in [0.15, 0.2) is 11.5 Å². The first kappa shape index (κ1) is 20.5. The number of nitrogens with zero attached hydrogens (tertiary/aromatic N) is 1. The number of ether oxygens (including phenoxy) is 3. The number of hydrogen-bond donors (Lipinski definition) is 0. The second-order valence-electron chi connectivity index (χ2n) is 6.93. The molecule has 0 N–H and O–H groups in total. The van der Waals surface area contributed by atoms with Crippen LogP contribution in [0.2, 0.25) is 0 Å². The van der Waals surface area contributed by atoms with Crippen LogP contribution in [0.3, 0.4) is 0 Å². The maximum atomic E-state index is 11.8. The molecule has 3 aromatic rings. The Labute approximate surface area is 170 Å². The van der Waals surface area contributed by atoms with Crippen molar-refractivity contribution in [3.05, 3.63) is 42.0 Å². The molecule has 0 bridgehead atoms. The van der Waals surface area contributed by atoms with Gasteiger partial charge in [-0.3, -0.25) is 9.59 Å². The second-order valence-corrected chi connectivity index (χ2v) is 6.93. The van der Waals surface area contributed by atoms with Crippen molar-refractivity contribution in [2.24, 2.45) is 0 Å². The van der Waals surface area contributed by atoms with E-state index in [1.807, 2.05) is 30.3 Å². The predicted octanol–water partition coefficient (Wildman–Crippen LogP) is 3.96. The lowest BCUT2D eigenvalue weighted by molar-refractivity contribution is -0.132. The number of rotatable bonds is 6. The van der Waals surface area contributed by atoms with E-state index in [0.717, 1.165) is 27.1 Å². The van der Waals surface area contributed by atoms with E-state index in [9.17, 15) is 9.59 Å². The number of benzene rings is 3. The third-order valence-corrected chi connectivity index (χ3v) is 5.05. The highest BCUT2D eigenvalue weighted by molar-refractivity contribution is 6.13. The summed E-state index contributed by atoms with van der Waals surface area (Å²) in [4.78, 5) is 25.0. The Morgan fingerprint density at radius 2 is 1.69 bits per heavy atom. The van der Waals surface area contributed by atoms with Gasteiger partial charge in [-0.2, -0.15) is 0 Å². The van der Waals surface area contributed by atoms with Gasteiger partial charge in [-0.15, -0.1) is 0 Å². The Balaban J connectivity index is 2.28. The number of amides is 1. The molecule has 0 heterocycles. The van der Waals surface area contributed by atoms with Crippen molar-refractivity contribution < 1.29 is 23.8 Å². The maximum absolute atomic E-state index is 11.8. The standard InChI is InChI=1S/C23H25NO5/c1-14(25)24(3)11-10-17-12-18(27-4)13-20-19(17)8-6-16-7-9-21(28-5)23(22(16)20)29-15(2)26/h6-9,12-13H,10-11H2,1-5H3. The van der Waals surface area contributed by atoms with E-state index in [1.165, 1.54) is 6.92 Å². The summed E-state index contributed by atoms with van der Waals surface area (Å²) in [5.41, 5.74) is 1.05. The quantitative estimate of drug-likeness (QED) is 0.359. The Hall–Kier alpha value is -3.28. The van der Waals surface area contributed by atoms with Crippen LogP contribution in [0.1, 0.15) is 19.4 Å². The molecule has 0 radical (unpaired) electrons. The number of carbonyl (C=O) groups is 2. The smallest absolute Gasteiger partial charge is 0.308 e. The molecule has 0 aromatic heterocycles. The minimum absolute atomic E-state index is 0.0181. The van der Waals surface area contributed by atoms with E-state index >= 15 is 0 Å². The fourth-order valence-electron chi connectivity index (χ4n) is 3.43. The molecule has 3 aromatic carbocycles. The van der Waals surface area contributed by atoms with E-state index in [-0.39, 0.29) is 5.91 Å². The SMILES string of the molecule is COc1cc(CCN(C)C(C)=O)c2ccc3ccc(OC)c(OC(C)=O)c3c2c1. The van der Waals surface area contributed by atoms with Crippen LogP contribution < -0.4 is 14.2 Å². The van der Waals surface area contributed by atoms with Crippen molar-refractivity contribution in [2.75, 3.05) is 27.8 Å². The Morgan fingerprint density at radius 1 is 0.966 bits per heavy atom.